The first-order chi connectivity index (χ1) is 11.2. The van der Waals surface area contributed by atoms with Crippen LogP contribution in [0.3, 0.4) is 0 Å². The third-order valence-electron chi connectivity index (χ3n) is 4.53. The third-order valence-corrected chi connectivity index (χ3v) is 4.53. The Kier molecular flexibility index (Phi) is 4.76. The Bertz CT molecular complexity index is 660. The molecule has 3 rings (SSSR count). The number of aromatic nitrogens is 2. The molecule has 1 amide bonds. The molecule has 122 valence electrons. The van der Waals surface area contributed by atoms with Crippen molar-refractivity contribution in [3.63, 3.8) is 0 Å². The first-order valence-electron chi connectivity index (χ1n) is 8.21. The van der Waals surface area contributed by atoms with Crippen LogP contribution in [0, 0.1) is 5.92 Å². The number of carbonyl (C=O) groups excluding carboxylic acids is 1. The van der Waals surface area contributed by atoms with Gasteiger partial charge in [-0.25, -0.2) is 0 Å². The lowest BCUT2D eigenvalue weighted by Crippen LogP contribution is -2.45. The van der Waals surface area contributed by atoms with Gasteiger partial charge >= 0.3 is 0 Å². The topological polar surface area (TPSA) is 67.2 Å². The predicted octanol–water partition coefficient (Wildman–Crippen LogP) is 1.99. The third kappa shape index (κ3) is 3.45. The zero-order valence-corrected chi connectivity index (χ0v) is 13.4. The molecule has 1 aromatic heterocycles. The van der Waals surface area contributed by atoms with E-state index in [-0.39, 0.29) is 18.6 Å². The van der Waals surface area contributed by atoms with Gasteiger partial charge < -0.3 is 10.4 Å². The second-order valence-corrected chi connectivity index (χ2v) is 6.19. The molecule has 0 unspecified atom stereocenters. The predicted molar refractivity (Wildman–Crippen MR) is 88.2 cm³/mol. The van der Waals surface area contributed by atoms with E-state index < -0.39 is 0 Å². The lowest BCUT2D eigenvalue weighted by atomic mass is 9.81. The van der Waals surface area contributed by atoms with Crippen LogP contribution in [0.5, 0.6) is 0 Å². The van der Waals surface area contributed by atoms with Crippen LogP contribution in [0.2, 0.25) is 0 Å². The fraction of sp³-hybridized carbons (Fsp3) is 0.444. The van der Waals surface area contributed by atoms with Crippen LogP contribution >= 0.6 is 0 Å². The highest BCUT2D eigenvalue weighted by molar-refractivity contribution is 5.95. The van der Waals surface area contributed by atoms with Crippen molar-refractivity contribution in [2.75, 3.05) is 6.61 Å². The Morgan fingerprint density at radius 2 is 2.09 bits per heavy atom. The first-order valence-corrected chi connectivity index (χ1v) is 8.21. The molecule has 0 bridgehead atoms. The minimum Gasteiger partial charge on any atom is -0.396 e. The van der Waals surface area contributed by atoms with Gasteiger partial charge in [-0.2, -0.15) is 5.10 Å². The molecule has 2 aromatic rings. The molecule has 23 heavy (non-hydrogen) atoms. The Morgan fingerprint density at radius 3 is 2.74 bits per heavy atom. The van der Waals surface area contributed by atoms with Crippen LogP contribution in [-0.2, 0) is 13.0 Å². The van der Waals surface area contributed by atoms with E-state index in [1.165, 1.54) is 5.56 Å². The molecule has 5 heteroatoms. The monoisotopic (exact) mass is 313 g/mol. The number of hydrogen-bond acceptors (Lipinski definition) is 3. The molecule has 5 nitrogen and oxygen atoms in total. The number of nitrogens with zero attached hydrogens (tertiary/aromatic N) is 2. The number of aliphatic hydroxyl groups is 1. The molecule has 1 heterocycles. The van der Waals surface area contributed by atoms with Crippen molar-refractivity contribution in [2.24, 2.45) is 5.92 Å². The summed E-state index contributed by atoms with van der Waals surface area (Å²) >= 11 is 0. The summed E-state index contributed by atoms with van der Waals surface area (Å²) in [5.41, 5.74) is 2.79. The van der Waals surface area contributed by atoms with Gasteiger partial charge in [-0.3, -0.25) is 9.48 Å². The van der Waals surface area contributed by atoms with E-state index in [1.54, 1.807) is 6.20 Å². The number of hydrogen-bond donors (Lipinski definition) is 2. The SMILES string of the molecule is CCc1c(C(=O)NC2CC(CO)C2)cnn1Cc1ccccc1. The van der Waals surface area contributed by atoms with Crippen molar-refractivity contribution in [3.8, 4) is 0 Å². The van der Waals surface area contributed by atoms with E-state index in [0.717, 1.165) is 25.0 Å². The van der Waals surface area contributed by atoms with Crippen molar-refractivity contribution < 1.29 is 9.90 Å². The average Bonchev–Trinajstić information content (AvgIpc) is 2.94. The molecular formula is C18H23N3O2. The van der Waals surface area contributed by atoms with E-state index in [0.29, 0.717) is 18.0 Å². The smallest absolute Gasteiger partial charge is 0.254 e. The van der Waals surface area contributed by atoms with Crippen LogP contribution in [0.4, 0.5) is 0 Å². The summed E-state index contributed by atoms with van der Waals surface area (Å²) in [6.07, 6.45) is 4.16. The van der Waals surface area contributed by atoms with Crippen molar-refractivity contribution in [3.05, 3.63) is 53.3 Å². The average molecular weight is 313 g/mol. The van der Waals surface area contributed by atoms with Crippen molar-refractivity contribution >= 4 is 5.91 Å². The number of nitrogens with one attached hydrogen (secondary N) is 1. The van der Waals surface area contributed by atoms with Crippen molar-refractivity contribution in [1.82, 2.24) is 15.1 Å². The molecule has 0 saturated heterocycles. The molecule has 1 aromatic carbocycles. The maximum absolute atomic E-state index is 12.5. The Balaban J connectivity index is 1.69. The molecule has 0 radical (unpaired) electrons. The summed E-state index contributed by atoms with van der Waals surface area (Å²) in [7, 11) is 0. The maximum Gasteiger partial charge on any atom is 0.254 e. The molecule has 1 aliphatic carbocycles. The largest absolute Gasteiger partial charge is 0.396 e. The summed E-state index contributed by atoms with van der Waals surface area (Å²) in [6.45, 7) is 2.93. The first kappa shape index (κ1) is 15.7. The number of amides is 1. The summed E-state index contributed by atoms with van der Waals surface area (Å²) in [5.74, 6) is 0.286. The number of aliphatic hydroxyl groups excluding tert-OH is 1. The van der Waals surface area contributed by atoms with Gasteiger partial charge in [0.25, 0.3) is 5.91 Å². The fourth-order valence-electron chi connectivity index (χ4n) is 3.13. The lowest BCUT2D eigenvalue weighted by molar-refractivity contribution is 0.0831. The highest BCUT2D eigenvalue weighted by Gasteiger charge is 2.30. The van der Waals surface area contributed by atoms with Gasteiger partial charge in [-0.05, 0) is 30.7 Å². The van der Waals surface area contributed by atoms with Gasteiger partial charge in [0.15, 0.2) is 0 Å². The van der Waals surface area contributed by atoms with Crippen LogP contribution < -0.4 is 5.32 Å². The molecule has 1 saturated carbocycles. The van der Waals surface area contributed by atoms with Gasteiger partial charge in [-0.1, -0.05) is 37.3 Å². The Morgan fingerprint density at radius 1 is 1.35 bits per heavy atom. The molecule has 0 atom stereocenters. The standard InChI is InChI=1S/C18H23N3O2/c1-2-17-16(18(23)20-15-8-14(9-15)12-22)10-19-21(17)11-13-6-4-3-5-7-13/h3-7,10,14-15,22H,2,8-9,11-12H2,1H3,(H,20,23). The molecule has 1 aliphatic rings. The molecule has 0 spiro atoms. The quantitative estimate of drug-likeness (QED) is 0.857. The van der Waals surface area contributed by atoms with E-state index >= 15 is 0 Å². The molecular weight excluding hydrogens is 290 g/mol. The van der Waals surface area contributed by atoms with Gasteiger partial charge in [0.05, 0.1) is 24.0 Å². The molecule has 1 fully saturated rings. The Hall–Kier alpha value is -2.14. The summed E-state index contributed by atoms with van der Waals surface area (Å²) < 4.78 is 1.90. The summed E-state index contributed by atoms with van der Waals surface area (Å²) in [5, 5.41) is 16.5. The van der Waals surface area contributed by atoms with Crippen LogP contribution in [0.25, 0.3) is 0 Å². The van der Waals surface area contributed by atoms with E-state index in [2.05, 4.69) is 22.5 Å². The minimum atomic E-state index is -0.0532. The number of rotatable bonds is 6. The van der Waals surface area contributed by atoms with E-state index in [1.807, 2.05) is 29.8 Å². The van der Waals surface area contributed by atoms with Gasteiger partial charge in [0.2, 0.25) is 0 Å². The maximum atomic E-state index is 12.5. The summed E-state index contributed by atoms with van der Waals surface area (Å²) in [6, 6.07) is 10.3. The van der Waals surface area contributed by atoms with Crippen molar-refractivity contribution in [2.45, 2.75) is 38.8 Å². The van der Waals surface area contributed by atoms with Crippen LogP contribution in [-0.4, -0.2) is 33.4 Å². The van der Waals surface area contributed by atoms with Crippen LogP contribution in [0.15, 0.2) is 36.5 Å². The highest BCUT2D eigenvalue weighted by Crippen LogP contribution is 2.27. The normalized spacial score (nSPS) is 20.1. The number of benzene rings is 1. The molecule has 2 N–H and O–H groups in total. The zero-order valence-electron chi connectivity index (χ0n) is 13.4. The van der Waals surface area contributed by atoms with Gasteiger partial charge in [-0.15, -0.1) is 0 Å². The fourth-order valence-corrected chi connectivity index (χ4v) is 3.13. The zero-order chi connectivity index (χ0) is 16.2. The Labute approximate surface area is 136 Å². The number of carbonyl (C=O) groups is 1. The summed E-state index contributed by atoms with van der Waals surface area (Å²) in [4.78, 5) is 12.5. The van der Waals surface area contributed by atoms with Gasteiger partial charge in [0, 0.05) is 12.6 Å². The van der Waals surface area contributed by atoms with Crippen LogP contribution in [0.1, 0.15) is 41.4 Å². The lowest BCUT2D eigenvalue weighted by Gasteiger charge is -2.34. The van der Waals surface area contributed by atoms with E-state index in [9.17, 15) is 4.79 Å². The van der Waals surface area contributed by atoms with Gasteiger partial charge in [0.1, 0.15) is 0 Å². The van der Waals surface area contributed by atoms with Crippen molar-refractivity contribution in [1.29, 1.82) is 0 Å². The van der Waals surface area contributed by atoms with E-state index in [4.69, 9.17) is 5.11 Å². The second kappa shape index (κ2) is 6.96. The molecule has 0 aliphatic heterocycles. The second-order valence-electron chi connectivity index (χ2n) is 6.19. The highest BCUT2D eigenvalue weighted by atomic mass is 16.3. The minimum absolute atomic E-state index is 0.0532.